The Morgan fingerprint density at radius 3 is 0.923 bits per heavy atom. The fraction of sp³-hybridized carbons (Fsp3) is 0. The summed E-state index contributed by atoms with van der Waals surface area (Å²) in [6, 6.07) is 20.0. The third-order valence-corrected chi connectivity index (χ3v) is 1.11. The largest absolute Gasteiger partial charge is 4.00 e. The van der Waals surface area contributed by atoms with E-state index in [-0.39, 0.29) is 46.0 Å². The maximum Gasteiger partial charge on any atom is 4.00 e. The van der Waals surface area contributed by atoms with Crippen LogP contribution in [0.1, 0.15) is 0 Å². The van der Waals surface area contributed by atoms with E-state index in [0.717, 1.165) is 0 Å². The minimum absolute atomic E-state index is 0. The van der Waals surface area contributed by atoms with Gasteiger partial charge in [0.15, 0.2) is 0 Å². The molecule has 0 saturated heterocycles. The van der Waals surface area contributed by atoms with Crippen molar-refractivity contribution in [3.8, 4) is 0 Å². The molecule has 0 aliphatic heterocycles. The van der Waals surface area contributed by atoms with E-state index in [1.807, 2.05) is 60.7 Å². The Morgan fingerprint density at radius 1 is 0.615 bits per heavy atom. The normalized spacial score (nSPS) is 6.15. The molecule has 2 heteroatoms. The summed E-state index contributed by atoms with van der Waals surface area (Å²) in [4.78, 5) is 0. The van der Waals surface area contributed by atoms with Crippen LogP contribution < -0.4 is 12.4 Å². The van der Waals surface area contributed by atoms with E-state index in [1.165, 1.54) is 0 Å². The molecule has 0 saturated carbocycles. The molecule has 13 heavy (non-hydrogen) atoms. The van der Waals surface area contributed by atoms with E-state index in [9.17, 15) is 0 Å². The van der Waals surface area contributed by atoms with Crippen molar-refractivity contribution in [1.29, 1.82) is 0 Å². The summed E-state index contributed by atoms with van der Waals surface area (Å²) in [5, 5.41) is 0. The molecule has 0 radical (unpaired) electrons. The van der Waals surface area contributed by atoms with E-state index in [1.54, 1.807) is 0 Å². The van der Waals surface area contributed by atoms with Crippen molar-refractivity contribution in [2.24, 2.45) is 0 Å². The molecule has 0 aliphatic rings. The van der Waals surface area contributed by atoms with Crippen LogP contribution in [0.25, 0.3) is 0 Å². The molecule has 0 bridgehead atoms. The summed E-state index contributed by atoms with van der Waals surface area (Å²) in [7, 11) is 0. The molecule has 2 aromatic carbocycles. The summed E-state index contributed by atoms with van der Waals surface area (Å²) >= 11 is 0. The zero-order chi connectivity index (χ0) is 7.07. The van der Waals surface area contributed by atoms with Gasteiger partial charge in [-0.15, -0.1) is 0 Å². The third kappa shape index (κ3) is 11.9. The van der Waals surface area contributed by atoms with Gasteiger partial charge >= 0.3 is 26.2 Å². The SMILES string of the molecule is [CH3-].[Cl-].[Zr+4].c1cc[cH-]c1.c1cc[cH-]c1. The summed E-state index contributed by atoms with van der Waals surface area (Å²) in [5.74, 6) is 0. The average Bonchev–Trinajstić information content (AvgIpc) is 2.67. The molecule has 68 valence electrons. The third-order valence-electron chi connectivity index (χ3n) is 1.11. The Morgan fingerprint density at radius 2 is 0.846 bits per heavy atom. The zero-order valence-electron chi connectivity index (χ0n) is 7.65. The molecule has 0 spiro atoms. The van der Waals surface area contributed by atoms with Gasteiger partial charge in [-0.25, -0.2) is 24.3 Å². The first-order valence-corrected chi connectivity index (χ1v) is 3.33. The zero-order valence-corrected chi connectivity index (χ0v) is 10.9. The molecule has 0 heterocycles. The topological polar surface area (TPSA) is 0 Å². The molecule has 0 aliphatic carbocycles. The minimum atomic E-state index is 0. The quantitative estimate of drug-likeness (QED) is 0.604. The van der Waals surface area contributed by atoms with Gasteiger partial charge in [0.1, 0.15) is 0 Å². The number of rotatable bonds is 0. The van der Waals surface area contributed by atoms with Crippen molar-refractivity contribution in [2.45, 2.75) is 0 Å². The monoisotopic (exact) mass is 270 g/mol. The number of hydrogen-bond acceptors (Lipinski definition) is 0. The molecule has 0 atom stereocenters. The van der Waals surface area contributed by atoms with Crippen LogP contribution >= 0.6 is 0 Å². The molecule has 2 rings (SSSR count). The predicted octanol–water partition coefficient (Wildman–Crippen LogP) is 0.263. The molecule has 0 amide bonds. The van der Waals surface area contributed by atoms with Crippen molar-refractivity contribution in [3.05, 3.63) is 68.1 Å². The standard InChI is InChI=1S/2C5H5.CH3.ClH.Zr/c2*1-2-4-5-3-1;;;/h2*1-5H;1H3;1H;/q3*-1;;+4/p-1. The van der Waals surface area contributed by atoms with Crippen molar-refractivity contribution >= 4 is 0 Å². The summed E-state index contributed by atoms with van der Waals surface area (Å²) in [6.45, 7) is 0. The van der Waals surface area contributed by atoms with Gasteiger partial charge < -0.3 is 19.8 Å². The Hall–Kier alpha value is -0.127. The Labute approximate surface area is 106 Å². The Kier molecular flexibility index (Phi) is 20.6. The molecule has 0 aromatic heterocycles. The minimum Gasteiger partial charge on any atom is -1.00 e. The fourth-order valence-corrected chi connectivity index (χ4v) is 0.642. The van der Waals surface area contributed by atoms with Crippen LogP contribution in [-0.2, 0) is 26.2 Å². The summed E-state index contributed by atoms with van der Waals surface area (Å²) in [6.07, 6.45) is 0. The van der Waals surface area contributed by atoms with Gasteiger partial charge in [0.25, 0.3) is 0 Å². The smallest absolute Gasteiger partial charge is 1.00 e. The molecule has 0 nitrogen and oxygen atoms in total. The summed E-state index contributed by atoms with van der Waals surface area (Å²) < 4.78 is 0. The van der Waals surface area contributed by atoms with Crippen molar-refractivity contribution in [2.75, 3.05) is 0 Å². The molecular formula is C11H13ClZr. The second kappa shape index (κ2) is 14.4. The van der Waals surface area contributed by atoms with E-state index >= 15 is 0 Å². The first-order chi connectivity index (χ1) is 5.00. The van der Waals surface area contributed by atoms with Crippen LogP contribution in [0, 0.1) is 7.43 Å². The summed E-state index contributed by atoms with van der Waals surface area (Å²) in [5.41, 5.74) is 0. The van der Waals surface area contributed by atoms with Crippen LogP contribution in [0.4, 0.5) is 0 Å². The Bertz CT molecular complexity index is 149. The first kappa shape index (κ1) is 18.6. The van der Waals surface area contributed by atoms with Gasteiger partial charge in [-0.1, -0.05) is 0 Å². The van der Waals surface area contributed by atoms with Gasteiger partial charge in [-0.05, 0) is 0 Å². The molecule has 2 aromatic rings. The first-order valence-electron chi connectivity index (χ1n) is 3.33. The van der Waals surface area contributed by atoms with Gasteiger partial charge in [0, 0.05) is 0 Å². The predicted molar refractivity (Wildman–Crippen MR) is 50.5 cm³/mol. The van der Waals surface area contributed by atoms with Gasteiger partial charge in [-0.3, -0.25) is 0 Å². The second-order valence-corrected chi connectivity index (χ2v) is 1.92. The van der Waals surface area contributed by atoms with Gasteiger partial charge in [0.05, 0.1) is 0 Å². The van der Waals surface area contributed by atoms with Crippen LogP contribution in [0.15, 0.2) is 60.7 Å². The number of halogens is 1. The maximum atomic E-state index is 2.00. The maximum absolute atomic E-state index is 2.00. The van der Waals surface area contributed by atoms with E-state index < -0.39 is 0 Å². The molecule has 0 fully saturated rings. The molecular weight excluding hydrogens is 259 g/mol. The van der Waals surface area contributed by atoms with Crippen LogP contribution in [0.3, 0.4) is 0 Å². The van der Waals surface area contributed by atoms with E-state index in [2.05, 4.69) is 0 Å². The van der Waals surface area contributed by atoms with Crippen LogP contribution in [0.5, 0.6) is 0 Å². The van der Waals surface area contributed by atoms with Crippen molar-refractivity contribution < 1.29 is 38.6 Å². The second-order valence-electron chi connectivity index (χ2n) is 1.92. The molecule has 0 N–H and O–H groups in total. The van der Waals surface area contributed by atoms with Crippen LogP contribution in [0.2, 0.25) is 0 Å². The van der Waals surface area contributed by atoms with E-state index in [0.29, 0.717) is 0 Å². The van der Waals surface area contributed by atoms with Crippen molar-refractivity contribution in [3.63, 3.8) is 0 Å². The van der Waals surface area contributed by atoms with Crippen molar-refractivity contribution in [1.82, 2.24) is 0 Å². The number of hydrogen-bond donors (Lipinski definition) is 0. The molecule has 0 unspecified atom stereocenters. The van der Waals surface area contributed by atoms with E-state index in [4.69, 9.17) is 0 Å². The van der Waals surface area contributed by atoms with Gasteiger partial charge in [-0.2, -0.15) is 36.4 Å². The van der Waals surface area contributed by atoms with Crippen LogP contribution in [-0.4, -0.2) is 0 Å². The van der Waals surface area contributed by atoms with Gasteiger partial charge in [0.2, 0.25) is 0 Å². The fourth-order valence-electron chi connectivity index (χ4n) is 0.642. The average molecular weight is 272 g/mol. The Balaban J connectivity index is -0.000000125.